The van der Waals surface area contributed by atoms with Gasteiger partial charge in [-0.1, -0.05) is 25.7 Å². The maximum absolute atomic E-state index is 12.3. The van der Waals surface area contributed by atoms with E-state index in [1.54, 1.807) is 36.4 Å². The summed E-state index contributed by atoms with van der Waals surface area (Å²) >= 11 is 0. The summed E-state index contributed by atoms with van der Waals surface area (Å²) in [6.45, 7) is 3.69. The van der Waals surface area contributed by atoms with Gasteiger partial charge in [0.1, 0.15) is 6.04 Å². The van der Waals surface area contributed by atoms with Crippen LogP contribution in [0.5, 0.6) is 0 Å². The Balaban J connectivity index is 2.08. The van der Waals surface area contributed by atoms with E-state index >= 15 is 0 Å². The smallest absolute Gasteiger partial charge is 0.328 e. The number of carbonyl (C=O) groups excluding carboxylic acids is 2. The molecular formula is C21H22N2O3. The summed E-state index contributed by atoms with van der Waals surface area (Å²) in [6.07, 6.45) is 0. The van der Waals surface area contributed by atoms with E-state index in [0.717, 1.165) is 11.1 Å². The summed E-state index contributed by atoms with van der Waals surface area (Å²) in [4.78, 5) is 24.1. The topological polar surface area (TPSA) is 81.4 Å². The molecule has 2 aromatic carbocycles. The molecule has 0 unspecified atom stereocenters. The van der Waals surface area contributed by atoms with Gasteiger partial charge in [-0.05, 0) is 54.4 Å². The van der Waals surface area contributed by atoms with Crippen LogP contribution in [0.15, 0.2) is 48.5 Å². The number of nitrogens with two attached hydrogens (primary N) is 1. The molecule has 0 aliphatic carbocycles. The van der Waals surface area contributed by atoms with E-state index in [1.807, 2.05) is 26.0 Å². The molecule has 0 fully saturated rings. The van der Waals surface area contributed by atoms with E-state index < -0.39 is 12.0 Å². The molecule has 0 saturated carbocycles. The van der Waals surface area contributed by atoms with Crippen LogP contribution >= 0.6 is 0 Å². The minimum atomic E-state index is -0.683. The molecule has 0 heterocycles. The molecule has 1 atom stereocenters. The molecule has 26 heavy (non-hydrogen) atoms. The lowest BCUT2D eigenvalue weighted by atomic mass is 10.0. The Kier molecular flexibility index (Phi) is 6.40. The van der Waals surface area contributed by atoms with Crippen molar-refractivity contribution in [1.29, 1.82) is 0 Å². The lowest BCUT2D eigenvalue weighted by molar-refractivity contribution is -0.144. The summed E-state index contributed by atoms with van der Waals surface area (Å²) < 4.78 is 4.73. The molecule has 2 rings (SSSR count). The standard InChI is InChI=1S/C21H22N2O3/c1-14(2)19(21(25)26-3)23-20(24)17-10-6-15(7-11-17)4-5-16-8-12-18(22)13-9-16/h6-14,19H,22H2,1-3H3,(H,23,24)/t19-/m0/s1. The number of rotatable bonds is 4. The summed E-state index contributed by atoms with van der Waals surface area (Å²) in [6, 6.07) is 13.5. The number of hydrogen-bond donors (Lipinski definition) is 2. The zero-order chi connectivity index (χ0) is 19.1. The first-order valence-electron chi connectivity index (χ1n) is 8.27. The van der Waals surface area contributed by atoms with Crippen LogP contribution in [0.4, 0.5) is 5.69 Å². The fraction of sp³-hybridized carbons (Fsp3) is 0.238. The van der Waals surface area contributed by atoms with E-state index in [9.17, 15) is 9.59 Å². The lowest BCUT2D eigenvalue weighted by Gasteiger charge is -2.19. The van der Waals surface area contributed by atoms with Gasteiger partial charge in [0.25, 0.3) is 5.91 Å². The average Bonchev–Trinajstić information content (AvgIpc) is 2.65. The first kappa shape index (κ1) is 19.1. The Hall–Kier alpha value is -3.26. The van der Waals surface area contributed by atoms with Crippen molar-refractivity contribution in [3.05, 3.63) is 65.2 Å². The highest BCUT2D eigenvalue weighted by Gasteiger charge is 2.25. The minimum absolute atomic E-state index is 0.0727. The normalized spacial score (nSPS) is 11.2. The second-order valence-corrected chi connectivity index (χ2v) is 6.17. The summed E-state index contributed by atoms with van der Waals surface area (Å²) in [5.74, 6) is 5.22. The fourth-order valence-electron chi connectivity index (χ4n) is 2.27. The maximum Gasteiger partial charge on any atom is 0.328 e. The Bertz CT molecular complexity index is 828. The number of methoxy groups -OCH3 is 1. The van der Waals surface area contributed by atoms with Gasteiger partial charge in [-0.25, -0.2) is 4.79 Å². The third-order valence-electron chi connectivity index (χ3n) is 3.82. The van der Waals surface area contributed by atoms with Gasteiger partial charge in [0.15, 0.2) is 0 Å². The maximum atomic E-state index is 12.3. The van der Waals surface area contributed by atoms with Gasteiger partial charge >= 0.3 is 5.97 Å². The lowest BCUT2D eigenvalue weighted by Crippen LogP contribution is -2.45. The van der Waals surface area contributed by atoms with Crippen LogP contribution in [0, 0.1) is 17.8 Å². The highest BCUT2D eigenvalue weighted by Crippen LogP contribution is 2.09. The molecular weight excluding hydrogens is 328 g/mol. The largest absolute Gasteiger partial charge is 0.467 e. The van der Waals surface area contributed by atoms with Crippen LogP contribution in [-0.4, -0.2) is 25.0 Å². The number of anilines is 1. The van der Waals surface area contributed by atoms with Crippen molar-refractivity contribution in [1.82, 2.24) is 5.32 Å². The van der Waals surface area contributed by atoms with Crippen molar-refractivity contribution < 1.29 is 14.3 Å². The van der Waals surface area contributed by atoms with E-state index in [0.29, 0.717) is 11.3 Å². The molecule has 1 amide bonds. The molecule has 0 bridgehead atoms. The molecule has 3 N–H and O–H groups in total. The third kappa shape index (κ3) is 5.12. The fourth-order valence-corrected chi connectivity index (χ4v) is 2.27. The highest BCUT2D eigenvalue weighted by molar-refractivity contribution is 5.96. The van der Waals surface area contributed by atoms with Gasteiger partial charge in [0.05, 0.1) is 7.11 Å². The van der Waals surface area contributed by atoms with Crippen molar-refractivity contribution >= 4 is 17.6 Å². The van der Waals surface area contributed by atoms with E-state index in [1.165, 1.54) is 7.11 Å². The molecule has 2 aromatic rings. The van der Waals surface area contributed by atoms with Crippen LogP contribution < -0.4 is 11.1 Å². The van der Waals surface area contributed by atoms with Crippen LogP contribution in [0.2, 0.25) is 0 Å². The van der Waals surface area contributed by atoms with Crippen molar-refractivity contribution in [3.8, 4) is 11.8 Å². The van der Waals surface area contributed by atoms with E-state index in [2.05, 4.69) is 17.2 Å². The van der Waals surface area contributed by atoms with Crippen LogP contribution in [-0.2, 0) is 9.53 Å². The molecule has 5 nitrogen and oxygen atoms in total. The monoisotopic (exact) mass is 350 g/mol. The second kappa shape index (κ2) is 8.72. The summed E-state index contributed by atoms with van der Waals surface area (Å²) in [5.41, 5.74) is 8.44. The van der Waals surface area contributed by atoms with Crippen molar-refractivity contribution in [2.24, 2.45) is 5.92 Å². The molecule has 5 heteroatoms. The average molecular weight is 350 g/mol. The predicted molar refractivity (Wildman–Crippen MR) is 101 cm³/mol. The predicted octanol–water partition coefficient (Wildman–Crippen LogP) is 2.60. The van der Waals surface area contributed by atoms with Gasteiger partial charge in [0.2, 0.25) is 0 Å². The van der Waals surface area contributed by atoms with Crippen molar-refractivity contribution in [2.75, 3.05) is 12.8 Å². The number of benzene rings is 2. The Morgan fingerprint density at radius 2 is 1.46 bits per heavy atom. The molecule has 0 radical (unpaired) electrons. The Labute approximate surface area is 153 Å². The van der Waals surface area contributed by atoms with E-state index in [4.69, 9.17) is 10.5 Å². The summed E-state index contributed by atoms with van der Waals surface area (Å²) in [7, 11) is 1.30. The van der Waals surface area contributed by atoms with Crippen molar-refractivity contribution in [3.63, 3.8) is 0 Å². The quantitative estimate of drug-likeness (QED) is 0.504. The van der Waals surface area contributed by atoms with Gasteiger partial charge in [-0.15, -0.1) is 0 Å². The third-order valence-corrected chi connectivity index (χ3v) is 3.82. The molecule has 0 aliphatic heterocycles. The number of amides is 1. The van der Waals surface area contributed by atoms with Crippen LogP contribution in [0.1, 0.15) is 35.3 Å². The Morgan fingerprint density at radius 1 is 0.962 bits per heavy atom. The minimum Gasteiger partial charge on any atom is -0.467 e. The first-order valence-corrected chi connectivity index (χ1v) is 8.27. The van der Waals surface area contributed by atoms with Crippen molar-refractivity contribution in [2.45, 2.75) is 19.9 Å². The number of carbonyl (C=O) groups is 2. The number of nitrogens with one attached hydrogen (secondary N) is 1. The van der Waals surface area contributed by atoms with Gasteiger partial charge in [-0.3, -0.25) is 4.79 Å². The highest BCUT2D eigenvalue weighted by atomic mass is 16.5. The number of ether oxygens (including phenoxy) is 1. The molecule has 0 spiro atoms. The van der Waals surface area contributed by atoms with Gasteiger partial charge < -0.3 is 15.8 Å². The van der Waals surface area contributed by atoms with Gasteiger partial charge in [0, 0.05) is 22.4 Å². The molecule has 0 saturated heterocycles. The summed E-state index contributed by atoms with van der Waals surface area (Å²) in [5, 5.41) is 2.70. The van der Waals surface area contributed by atoms with E-state index in [-0.39, 0.29) is 11.8 Å². The number of esters is 1. The molecule has 0 aliphatic rings. The number of nitrogen functional groups attached to an aromatic ring is 1. The number of hydrogen-bond acceptors (Lipinski definition) is 4. The van der Waals surface area contributed by atoms with Crippen LogP contribution in [0.3, 0.4) is 0 Å². The van der Waals surface area contributed by atoms with Crippen LogP contribution in [0.25, 0.3) is 0 Å². The zero-order valence-corrected chi connectivity index (χ0v) is 15.1. The first-order chi connectivity index (χ1) is 12.4. The zero-order valence-electron chi connectivity index (χ0n) is 15.1. The SMILES string of the molecule is COC(=O)[C@@H](NC(=O)c1ccc(C#Cc2ccc(N)cc2)cc1)C(C)C. The van der Waals surface area contributed by atoms with Gasteiger partial charge in [-0.2, -0.15) is 0 Å². The molecule has 134 valence electrons. The Morgan fingerprint density at radius 3 is 1.92 bits per heavy atom. The second-order valence-electron chi connectivity index (χ2n) is 6.17. The molecule has 0 aromatic heterocycles.